The first-order chi connectivity index (χ1) is 9.70. The second kappa shape index (κ2) is 7.25. The van der Waals surface area contributed by atoms with Gasteiger partial charge in [-0.3, -0.25) is 0 Å². The van der Waals surface area contributed by atoms with Crippen molar-refractivity contribution < 1.29 is 9.66 Å². The maximum atomic E-state index is 10.5. The van der Waals surface area contributed by atoms with Gasteiger partial charge in [0, 0.05) is 12.5 Å². The minimum absolute atomic E-state index is 0.520. The average Bonchev–Trinajstić information content (AvgIpc) is 2.35. The van der Waals surface area contributed by atoms with E-state index in [-0.39, 0.29) is 0 Å². The van der Waals surface area contributed by atoms with Crippen molar-refractivity contribution in [3.63, 3.8) is 0 Å². The molecule has 0 N–H and O–H groups in total. The molecule has 0 aromatic heterocycles. The summed E-state index contributed by atoms with van der Waals surface area (Å²) in [6.45, 7) is 7.96. The molecule has 0 aliphatic carbocycles. The van der Waals surface area contributed by atoms with Crippen LogP contribution < -0.4 is 9.92 Å². The van der Waals surface area contributed by atoms with Gasteiger partial charge in [0.15, 0.2) is 0 Å². The number of likely N-dealkylation sites (N-methyl/N-ethyl adjacent to an activating group) is 1. The molecule has 6 heteroatoms. The average molecular weight is 306 g/mol. The lowest BCUT2D eigenvalue weighted by Crippen LogP contribution is -2.37. The van der Waals surface area contributed by atoms with Gasteiger partial charge in [0.2, 0.25) is 0 Å². The van der Waals surface area contributed by atoms with Crippen molar-refractivity contribution in [1.82, 2.24) is 4.90 Å². The molecule has 0 bridgehead atoms. The molecule has 0 radical (unpaired) electrons. The van der Waals surface area contributed by atoms with Crippen molar-refractivity contribution >= 4 is 13.3 Å². The summed E-state index contributed by atoms with van der Waals surface area (Å²) >= 11 is 0. The molecule has 5 nitrogen and oxygen atoms in total. The van der Waals surface area contributed by atoms with E-state index in [9.17, 15) is 10.1 Å². The predicted octanol–water partition coefficient (Wildman–Crippen LogP) is 1.76. The highest BCUT2D eigenvalue weighted by Gasteiger charge is 2.18. The van der Waals surface area contributed by atoms with E-state index in [2.05, 4.69) is 25.6 Å². The molecule has 0 atom stereocenters. The van der Waals surface area contributed by atoms with Crippen LogP contribution in [0.1, 0.15) is 5.56 Å². The Morgan fingerprint density at radius 1 is 1.33 bits per heavy atom. The van der Waals surface area contributed by atoms with Crippen LogP contribution in [0.15, 0.2) is 18.2 Å². The highest BCUT2D eigenvalue weighted by molar-refractivity contribution is 6.88. The molecular weight excluding hydrogens is 284 g/mol. The number of benzene rings is 1. The quantitative estimate of drug-likeness (QED) is 0.273. The van der Waals surface area contributed by atoms with Crippen molar-refractivity contribution in [2.75, 3.05) is 27.2 Å². The van der Waals surface area contributed by atoms with E-state index in [1.807, 2.05) is 43.2 Å². The maximum Gasteiger partial charge on any atom is 0.295 e. The Labute approximate surface area is 127 Å². The normalized spacial score (nSPS) is 11.0. The third-order valence-electron chi connectivity index (χ3n) is 2.92. The zero-order valence-electron chi connectivity index (χ0n) is 13.3. The fourth-order valence-corrected chi connectivity index (χ4v) is 2.82. The molecule has 0 unspecified atom stereocenters. The number of rotatable bonds is 5. The molecule has 0 fully saturated rings. The lowest BCUT2D eigenvalue weighted by Gasteiger charge is -2.18. The monoisotopic (exact) mass is 306 g/mol. The first kappa shape index (κ1) is 17.2. The molecule has 0 saturated heterocycles. The van der Waals surface area contributed by atoms with E-state index < -0.39 is 13.0 Å². The molecule has 0 amide bonds. The highest BCUT2D eigenvalue weighted by atomic mass is 28.3. The van der Waals surface area contributed by atoms with E-state index in [0.717, 1.165) is 6.54 Å². The summed E-state index contributed by atoms with van der Waals surface area (Å²) in [5.41, 5.74) is 0.588. The smallest absolute Gasteiger partial charge is 0.295 e. The predicted molar refractivity (Wildman–Crippen MR) is 87.3 cm³/mol. The van der Waals surface area contributed by atoms with E-state index >= 15 is 0 Å². The van der Waals surface area contributed by atoms with Gasteiger partial charge in [0.05, 0.1) is 13.6 Å². The van der Waals surface area contributed by atoms with Crippen LogP contribution >= 0.6 is 0 Å². The Bertz CT molecular complexity index is 569. The number of ether oxygens (including phenoxy) is 1. The van der Waals surface area contributed by atoms with Crippen molar-refractivity contribution in [3.8, 4) is 17.7 Å². The third-order valence-corrected chi connectivity index (χ3v) is 4.97. The summed E-state index contributed by atoms with van der Waals surface area (Å²) in [6.07, 6.45) is 0. The highest BCUT2D eigenvalue weighted by Crippen LogP contribution is 2.18. The van der Waals surface area contributed by atoms with Gasteiger partial charge >= 0.3 is 0 Å². The van der Waals surface area contributed by atoms with Crippen LogP contribution in [0, 0.1) is 22.1 Å². The summed E-state index contributed by atoms with van der Waals surface area (Å²) in [5.74, 6) is 3.20. The summed E-state index contributed by atoms with van der Waals surface area (Å²) < 4.78 is 5.70. The molecule has 0 aliphatic rings. The molecule has 0 saturated carbocycles. The van der Waals surface area contributed by atoms with Gasteiger partial charge in [-0.15, -0.1) is 0 Å². The van der Waals surface area contributed by atoms with Crippen molar-refractivity contribution in [1.29, 1.82) is 0 Å². The van der Waals surface area contributed by atoms with Gasteiger partial charge in [-0.05, 0) is 26.2 Å². The minimum Gasteiger partial charge on any atom is -0.491 e. The zero-order valence-corrected chi connectivity index (χ0v) is 14.3. The van der Waals surface area contributed by atoms with Gasteiger partial charge in [-0.1, -0.05) is 30.9 Å². The van der Waals surface area contributed by atoms with Crippen LogP contribution in [-0.2, 0) is 0 Å². The Balaban J connectivity index is 3.06. The molecule has 1 aromatic carbocycles. The van der Waals surface area contributed by atoms with Crippen LogP contribution in [0.3, 0.4) is 0 Å². The van der Waals surface area contributed by atoms with Crippen LogP contribution in [0.2, 0.25) is 19.6 Å². The van der Waals surface area contributed by atoms with Crippen LogP contribution in [0.5, 0.6) is 5.75 Å². The van der Waals surface area contributed by atoms with Crippen molar-refractivity contribution in [2.24, 2.45) is 0 Å². The van der Waals surface area contributed by atoms with Crippen molar-refractivity contribution in [2.45, 2.75) is 19.6 Å². The van der Waals surface area contributed by atoms with E-state index in [1.54, 1.807) is 0 Å². The lowest BCUT2D eigenvalue weighted by molar-refractivity contribution is -0.379. The van der Waals surface area contributed by atoms with Crippen LogP contribution in [0.25, 0.3) is 0 Å². The fourth-order valence-electron chi connectivity index (χ4n) is 1.66. The van der Waals surface area contributed by atoms with Gasteiger partial charge in [0.25, 0.3) is 6.04 Å². The summed E-state index contributed by atoms with van der Waals surface area (Å²) in [6, 6.07) is 7.81. The molecule has 0 aliphatic heterocycles. The number of nitro groups is 1. The number of hydrogen-bond donors (Lipinski definition) is 0. The third kappa shape index (κ3) is 5.98. The summed E-state index contributed by atoms with van der Waals surface area (Å²) in [7, 11) is 2.43. The molecule has 0 spiro atoms. The topological polar surface area (TPSA) is 55.6 Å². The Hall–Kier alpha value is -1.84. The first-order valence-corrected chi connectivity index (χ1v) is 10.3. The SMILES string of the molecule is CN(C)CCOc1ccc([Si](C)(C)C)cc1C#C[N+](=O)[O-]. The molecule has 1 aromatic rings. The number of hydrogen-bond acceptors (Lipinski definition) is 4. The molecule has 114 valence electrons. The number of nitrogens with zero attached hydrogens (tertiary/aromatic N) is 2. The van der Waals surface area contributed by atoms with E-state index in [1.165, 1.54) is 5.19 Å². The van der Waals surface area contributed by atoms with Crippen LogP contribution in [0.4, 0.5) is 0 Å². The Morgan fingerprint density at radius 3 is 2.52 bits per heavy atom. The fraction of sp³-hybridized carbons (Fsp3) is 0.467. The van der Waals surface area contributed by atoms with Crippen molar-refractivity contribution in [3.05, 3.63) is 33.9 Å². The second-order valence-electron chi connectivity index (χ2n) is 6.11. The molecule has 1 rings (SSSR count). The van der Waals surface area contributed by atoms with Gasteiger partial charge < -0.3 is 9.64 Å². The standard InChI is InChI=1S/C15H22N2O3Si/c1-16(2)10-11-20-15-7-6-14(21(3,4)5)12-13(15)8-9-17(18)19/h6-7,12H,10-11H2,1-5H3. The van der Waals surface area contributed by atoms with E-state index in [0.29, 0.717) is 17.9 Å². The molecule has 0 heterocycles. The largest absolute Gasteiger partial charge is 0.491 e. The Morgan fingerprint density at radius 2 is 2.00 bits per heavy atom. The van der Waals surface area contributed by atoms with E-state index in [4.69, 9.17) is 4.74 Å². The van der Waals surface area contributed by atoms with Gasteiger partial charge in [0.1, 0.15) is 17.3 Å². The molecule has 21 heavy (non-hydrogen) atoms. The first-order valence-electron chi connectivity index (χ1n) is 6.78. The van der Waals surface area contributed by atoms with Gasteiger partial charge in [-0.25, -0.2) is 10.1 Å². The maximum absolute atomic E-state index is 10.5. The minimum atomic E-state index is -1.49. The summed E-state index contributed by atoms with van der Waals surface area (Å²) in [5, 5.41) is 11.7. The second-order valence-corrected chi connectivity index (χ2v) is 11.2. The zero-order chi connectivity index (χ0) is 16.0. The van der Waals surface area contributed by atoms with Gasteiger partial charge in [-0.2, -0.15) is 0 Å². The summed E-state index contributed by atoms with van der Waals surface area (Å²) in [4.78, 5) is 11.8. The molecular formula is C15H22N2O3Si. The van der Waals surface area contributed by atoms with Crippen LogP contribution in [-0.4, -0.2) is 45.1 Å². The Kier molecular flexibility index (Phi) is 5.94. The lowest BCUT2D eigenvalue weighted by atomic mass is 10.2.